The normalized spacial score (nSPS) is 12.5. The number of ether oxygens (including phenoxy) is 1. The number of fused-ring (bicyclic) bond motifs is 1. The highest BCUT2D eigenvalue weighted by molar-refractivity contribution is 5.69. The van der Waals surface area contributed by atoms with Gasteiger partial charge in [0.05, 0.1) is 12.4 Å². The Morgan fingerprint density at radius 3 is 2.65 bits per heavy atom. The first-order chi connectivity index (χ1) is 10.8. The molecule has 0 aliphatic rings. The smallest absolute Gasteiger partial charge is 0.332 e. The van der Waals surface area contributed by atoms with Crippen LogP contribution in [0.25, 0.3) is 11.2 Å². The Morgan fingerprint density at radius 1 is 1.30 bits per heavy atom. The zero-order valence-corrected chi connectivity index (χ0v) is 13.9. The third kappa shape index (κ3) is 3.52. The number of unbranched alkanes of at least 4 members (excludes halogenated alkanes) is 1. The van der Waals surface area contributed by atoms with Crippen molar-refractivity contribution in [2.45, 2.75) is 45.8 Å². The van der Waals surface area contributed by atoms with E-state index in [0.717, 1.165) is 23.8 Å². The molecule has 1 unspecified atom stereocenters. The molecule has 0 radical (unpaired) electrons. The maximum atomic E-state index is 12.3. The van der Waals surface area contributed by atoms with Crippen molar-refractivity contribution < 1.29 is 9.53 Å². The first-order valence-electron chi connectivity index (χ1n) is 7.61. The van der Waals surface area contributed by atoms with Crippen LogP contribution in [-0.4, -0.2) is 30.8 Å². The Balaban J connectivity index is 2.14. The largest absolute Gasteiger partial charge is 0.463 e. The van der Waals surface area contributed by atoms with E-state index in [0.29, 0.717) is 17.7 Å². The van der Waals surface area contributed by atoms with E-state index in [-0.39, 0.29) is 23.3 Å². The predicted octanol–water partition coefficient (Wildman–Crippen LogP) is 0.556. The first-order valence-corrected chi connectivity index (χ1v) is 7.61. The number of hydrogen-bond acceptors (Lipinski definition) is 5. The molecule has 0 saturated carbocycles. The molecule has 0 aromatic carbocycles. The van der Waals surface area contributed by atoms with Crippen LogP contribution in [0, 0.1) is 0 Å². The van der Waals surface area contributed by atoms with Crippen molar-refractivity contribution in [3.8, 4) is 0 Å². The fraction of sp³-hybridized carbons (Fsp3) is 0.600. The number of carbonyl (C=O) groups excluding carboxylic acids is 1. The Bertz CT molecular complexity index is 830. The molecule has 0 spiro atoms. The van der Waals surface area contributed by atoms with Crippen LogP contribution in [0.2, 0.25) is 0 Å². The van der Waals surface area contributed by atoms with Crippen molar-refractivity contribution in [1.29, 1.82) is 0 Å². The van der Waals surface area contributed by atoms with E-state index >= 15 is 0 Å². The number of nitrogens with zero attached hydrogens (tertiary/aromatic N) is 4. The van der Waals surface area contributed by atoms with Crippen molar-refractivity contribution in [2.24, 2.45) is 14.1 Å². The van der Waals surface area contributed by atoms with Gasteiger partial charge in [0.2, 0.25) is 0 Å². The second-order valence-electron chi connectivity index (χ2n) is 5.74. The van der Waals surface area contributed by atoms with Crippen molar-refractivity contribution >= 4 is 17.1 Å². The van der Waals surface area contributed by atoms with Gasteiger partial charge < -0.3 is 9.30 Å². The third-order valence-corrected chi connectivity index (χ3v) is 3.81. The second kappa shape index (κ2) is 6.80. The Hall–Kier alpha value is -2.38. The summed E-state index contributed by atoms with van der Waals surface area (Å²) < 4.78 is 9.31. The number of rotatable bonds is 6. The Morgan fingerprint density at radius 2 is 2.00 bits per heavy atom. The van der Waals surface area contributed by atoms with Gasteiger partial charge in [-0.15, -0.1) is 0 Å². The minimum absolute atomic E-state index is 0.140. The third-order valence-electron chi connectivity index (χ3n) is 3.81. The number of carbonyl (C=O) groups is 1. The van der Waals surface area contributed by atoms with Crippen LogP contribution in [0.1, 0.15) is 33.1 Å². The van der Waals surface area contributed by atoms with Gasteiger partial charge >= 0.3 is 11.7 Å². The molecule has 8 nitrogen and oxygen atoms in total. The second-order valence-corrected chi connectivity index (χ2v) is 5.74. The summed E-state index contributed by atoms with van der Waals surface area (Å²) in [5.41, 5.74) is 0.119. The summed E-state index contributed by atoms with van der Waals surface area (Å²) in [6.07, 6.45) is 3.66. The SMILES string of the molecule is CC(=O)OC(C)CCCCn1c(=O)n(C)c(=O)c2c1ncn2C. The molecular formula is C15H22N4O4. The van der Waals surface area contributed by atoms with Crippen molar-refractivity contribution in [2.75, 3.05) is 0 Å². The zero-order valence-electron chi connectivity index (χ0n) is 13.9. The average molecular weight is 322 g/mol. The summed E-state index contributed by atoms with van der Waals surface area (Å²) in [6.45, 7) is 3.70. The van der Waals surface area contributed by atoms with Crippen molar-refractivity contribution in [3.63, 3.8) is 0 Å². The summed E-state index contributed by atoms with van der Waals surface area (Å²) in [5.74, 6) is -0.290. The van der Waals surface area contributed by atoms with Gasteiger partial charge in [-0.05, 0) is 26.2 Å². The maximum absolute atomic E-state index is 12.3. The molecule has 23 heavy (non-hydrogen) atoms. The molecule has 0 bridgehead atoms. The molecule has 2 aromatic rings. The molecule has 0 fully saturated rings. The molecule has 2 heterocycles. The molecule has 126 valence electrons. The van der Waals surface area contributed by atoms with Gasteiger partial charge in [-0.25, -0.2) is 9.78 Å². The lowest BCUT2D eigenvalue weighted by Crippen LogP contribution is -2.38. The maximum Gasteiger partial charge on any atom is 0.332 e. The standard InChI is InChI=1S/C15H22N4O4/c1-10(23-11(2)20)7-5-6-8-19-13-12(17(3)9-16-13)14(21)18(4)15(19)22/h9-10H,5-8H2,1-4H3. The van der Waals surface area contributed by atoms with Crippen LogP contribution in [0.3, 0.4) is 0 Å². The van der Waals surface area contributed by atoms with Gasteiger partial charge in [0.25, 0.3) is 5.56 Å². The van der Waals surface area contributed by atoms with E-state index in [1.54, 1.807) is 11.6 Å². The minimum Gasteiger partial charge on any atom is -0.463 e. The first kappa shape index (κ1) is 17.0. The fourth-order valence-electron chi connectivity index (χ4n) is 2.62. The number of aromatic nitrogens is 4. The quantitative estimate of drug-likeness (QED) is 0.572. The molecule has 2 rings (SSSR count). The van der Waals surface area contributed by atoms with Gasteiger partial charge in [0, 0.05) is 27.6 Å². The molecule has 0 saturated heterocycles. The molecule has 0 aliphatic heterocycles. The van der Waals surface area contributed by atoms with Gasteiger partial charge in [-0.1, -0.05) is 0 Å². The van der Waals surface area contributed by atoms with Crippen molar-refractivity contribution in [1.82, 2.24) is 18.7 Å². The molecule has 0 aliphatic carbocycles. The van der Waals surface area contributed by atoms with Crippen LogP contribution in [0.4, 0.5) is 0 Å². The van der Waals surface area contributed by atoms with Crippen LogP contribution in [-0.2, 0) is 30.2 Å². The fourth-order valence-corrected chi connectivity index (χ4v) is 2.62. The molecule has 2 aromatic heterocycles. The van der Waals surface area contributed by atoms with Crippen molar-refractivity contribution in [3.05, 3.63) is 27.2 Å². The molecule has 0 amide bonds. The lowest BCUT2D eigenvalue weighted by molar-refractivity contribution is -0.145. The summed E-state index contributed by atoms with van der Waals surface area (Å²) in [4.78, 5) is 39.5. The number of aryl methyl sites for hydroxylation is 2. The van der Waals surface area contributed by atoms with Gasteiger partial charge in [0.1, 0.15) is 0 Å². The molecule has 1 atom stereocenters. The van der Waals surface area contributed by atoms with Crippen LogP contribution >= 0.6 is 0 Å². The van der Waals surface area contributed by atoms with Gasteiger partial charge in [-0.2, -0.15) is 0 Å². The predicted molar refractivity (Wildman–Crippen MR) is 85.3 cm³/mol. The van der Waals surface area contributed by atoms with Crippen LogP contribution in [0.5, 0.6) is 0 Å². The molecule has 0 N–H and O–H groups in total. The lowest BCUT2D eigenvalue weighted by atomic mass is 10.1. The van der Waals surface area contributed by atoms with Gasteiger partial charge in [-0.3, -0.25) is 18.7 Å². The Kier molecular flexibility index (Phi) is 5.02. The summed E-state index contributed by atoms with van der Waals surface area (Å²) in [5, 5.41) is 0. The average Bonchev–Trinajstić information content (AvgIpc) is 2.85. The highest BCUT2D eigenvalue weighted by atomic mass is 16.5. The van der Waals surface area contributed by atoms with E-state index in [2.05, 4.69) is 4.98 Å². The van der Waals surface area contributed by atoms with E-state index < -0.39 is 0 Å². The topological polar surface area (TPSA) is 88.1 Å². The summed E-state index contributed by atoms with van der Waals surface area (Å²) in [7, 11) is 3.20. The number of hydrogen-bond donors (Lipinski definition) is 0. The van der Waals surface area contributed by atoms with E-state index in [4.69, 9.17) is 4.74 Å². The summed E-state index contributed by atoms with van der Waals surface area (Å²) >= 11 is 0. The minimum atomic E-state index is -0.366. The van der Waals surface area contributed by atoms with Crippen LogP contribution in [0.15, 0.2) is 15.9 Å². The number of esters is 1. The van der Waals surface area contributed by atoms with Crippen LogP contribution < -0.4 is 11.2 Å². The van der Waals surface area contributed by atoms with Gasteiger partial charge in [0.15, 0.2) is 11.2 Å². The number of imidazole rings is 1. The molecular weight excluding hydrogens is 300 g/mol. The van der Waals surface area contributed by atoms with E-state index in [1.165, 1.54) is 24.9 Å². The summed E-state index contributed by atoms with van der Waals surface area (Å²) in [6, 6.07) is 0. The highest BCUT2D eigenvalue weighted by Crippen LogP contribution is 2.09. The lowest BCUT2D eigenvalue weighted by Gasteiger charge is -2.12. The zero-order chi connectivity index (χ0) is 17.1. The Labute approximate surface area is 133 Å². The van der Waals surface area contributed by atoms with E-state index in [1.807, 2.05) is 6.92 Å². The monoisotopic (exact) mass is 322 g/mol. The molecule has 8 heteroatoms. The van der Waals surface area contributed by atoms with E-state index in [9.17, 15) is 14.4 Å². The highest BCUT2D eigenvalue weighted by Gasteiger charge is 2.14.